The van der Waals surface area contributed by atoms with Gasteiger partial charge in [0.25, 0.3) is 5.56 Å². The molecule has 2 aromatic heterocycles. The molecule has 0 fully saturated rings. The Morgan fingerprint density at radius 2 is 1.96 bits per heavy atom. The van der Waals surface area contributed by atoms with Crippen LogP contribution in [0.2, 0.25) is 0 Å². The maximum absolute atomic E-state index is 12.4. The zero-order valence-corrected chi connectivity index (χ0v) is 12.9. The van der Waals surface area contributed by atoms with Gasteiger partial charge in [0.1, 0.15) is 0 Å². The summed E-state index contributed by atoms with van der Waals surface area (Å²) in [4.78, 5) is 40.9. The number of rotatable bonds is 4. The zero-order chi connectivity index (χ0) is 18.9. The number of benzene rings is 1. The number of anilines is 1. The fourth-order valence-electron chi connectivity index (χ4n) is 2.31. The van der Waals surface area contributed by atoms with Gasteiger partial charge in [-0.2, -0.15) is 18.2 Å². The summed E-state index contributed by atoms with van der Waals surface area (Å²) in [5, 5.41) is 7.30. The van der Waals surface area contributed by atoms with Gasteiger partial charge in [-0.25, -0.2) is 4.79 Å². The normalized spacial score (nSPS) is 11.7. The van der Waals surface area contributed by atoms with Crippen LogP contribution in [0.3, 0.4) is 0 Å². The molecule has 3 rings (SSSR count). The van der Waals surface area contributed by atoms with Gasteiger partial charge in [-0.05, 0) is 12.1 Å². The minimum atomic E-state index is -4.71. The second-order valence-electron chi connectivity index (χ2n) is 5.23. The number of carbonyl (C=O) groups is 1. The molecule has 0 aliphatic rings. The van der Waals surface area contributed by atoms with Crippen LogP contribution in [0, 0.1) is 0 Å². The predicted molar refractivity (Wildman–Crippen MR) is 83.5 cm³/mol. The highest BCUT2D eigenvalue weighted by molar-refractivity contribution is 5.89. The number of alkyl halides is 3. The SMILES string of the molecule is O=C(CCn1c(=O)[nH]c(=O)c2ccccc21)Nc1n[nH]c(C(F)(F)F)n1. The van der Waals surface area contributed by atoms with Gasteiger partial charge in [-0.1, -0.05) is 12.1 Å². The summed E-state index contributed by atoms with van der Waals surface area (Å²) in [5.41, 5.74) is -0.906. The molecular formula is C14H11F3N6O3. The molecule has 0 saturated carbocycles. The molecule has 3 aromatic rings. The Labute approximate surface area is 141 Å². The van der Waals surface area contributed by atoms with Crippen LogP contribution < -0.4 is 16.6 Å². The first kappa shape index (κ1) is 17.4. The summed E-state index contributed by atoms with van der Waals surface area (Å²) in [6.45, 7) is -0.0987. The summed E-state index contributed by atoms with van der Waals surface area (Å²) in [5.74, 6) is -2.56. The number of carbonyl (C=O) groups excluding carboxylic acids is 1. The van der Waals surface area contributed by atoms with Crippen molar-refractivity contribution >= 4 is 22.8 Å². The monoisotopic (exact) mass is 368 g/mol. The second kappa shape index (κ2) is 6.46. The van der Waals surface area contributed by atoms with E-state index in [2.05, 4.69) is 20.4 Å². The van der Waals surface area contributed by atoms with Crippen LogP contribution in [0.5, 0.6) is 0 Å². The molecule has 0 aliphatic carbocycles. The van der Waals surface area contributed by atoms with Crippen LogP contribution in [0.25, 0.3) is 10.9 Å². The lowest BCUT2D eigenvalue weighted by Crippen LogP contribution is -2.31. The first-order chi connectivity index (χ1) is 12.3. The van der Waals surface area contributed by atoms with E-state index in [1.54, 1.807) is 23.3 Å². The van der Waals surface area contributed by atoms with Crippen LogP contribution in [0.15, 0.2) is 33.9 Å². The molecule has 0 unspecified atom stereocenters. The molecule has 9 nitrogen and oxygen atoms in total. The predicted octanol–water partition coefficient (Wildman–Crippen LogP) is 0.855. The van der Waals surface area contributed by atoms with E-state index >= 15 is 0 Å². The topological polar surface area (TPSA) is 126 Å². The molecule has 2 heterocycles. The average Bonchev–Trinajstić information content (AvgIpc) is 3.03. The van der Waals surface area contributed by atoms with Crippen molar-refractivity contribution in [1.29, 1.82) is 0 Å². The first-order valence-corrected chi connectivity index (χ1v) is 7.27. The number of para-hydroxylation sites is 1. The van der Waals surface area contributed by atoms with Gasteiger partial charge in [0.05, 0.1) is 10.9 Å². The highest BCUT2D eigenvalue weighted by Crippen LogP contribution is 2.26. The number of fused-ring (bicyclic) bond motifs is 1. The van der Waals surface area contributed by atoms with E-state index in [1.807, 2.05) is 0 Å². The largest absolute Gasteiger partial charge is 0.451 e. The van der Waals surface area contributed by atoms with Crippen LogP contribution in [-0.4, -0.2) is 30.6 Å². The van der Waals surface area contributed by atoms with Gasteiger partial charge in [0.2, 0.25) is 17.7 Å². The smallest absolute Gasteiger partial charge is 0.293 e. The maximum atomic E-state index is 12.4. The van der Waals surface area contributed by atoms with Crippen molar-refractivity contribution in [3.8, 4) is 0 Å². The number of halogens is 3. The summed E-state index contributed by atoms with van der Waals surface area (Å²) >= 11 is 0. The van der Waals surface area contributed by atoms with E-state index in [0.717, 1.165) is 0 Å². The fraction of sp³-hybridized carbons (Fsp3) is 0.214. The Morgan fingerprint density at radius 3 is 2.65 bits per heavy atom. The van der Waals surface area contributed by atoms with Crippen LogP contribution in [0.1, 0.15) is 12.2 Å². The van der Waals surface area contributed by atoms with Crippen molar-refractivity contribution in [1.82, 2.24) is 24.7 Å². The second-order valence-corrected chi connectivity index (χ2v) is 5.23. The Kier molecular flexibility index (Phi) is 4.32. The third kappa shape index (κ3) is 3.48. The Bertz CT molecular complexity index is 1080. The number of hydrogen-bond donors (Lipinski definition) is 3. The number of nitrogens with one attached hydrogen (secondary N) is 3. The Morgan fingerprint density at radius 1 is 1.23 bits per heavy atom. The van der Waals surface area contributed by atoms with Crippen molar-refractivity contribution in [3.63, 3.8) is 0 Å². The van der Waals surface area contributed by atoms with Crippen molar-refractivity contribution < 1.29 is 18.0 Å². The van der Waals surface area contributed by atoms with E-state index in [0.29, 0.717) is 5.52 Å². The molecule has 12 heteroatoms. The van der Waals surface area contributed by atoms with Gasteiger partial charge < -0.3 is 0 Å². The molecule has 136 valence electrons. The van der Waals surface area contributed by atoms with Gasteiger partial charge in [0, 0.05) is 13.0 Å². The molecular weight excluding hydrogens is 357 g/mol. The molecule has 3 N–H and O–H groups in total. The van der Waals surface area contributed by atoms with Crippen molar-refractivity contribution in [2.75, 3.05) is 5.32 Å². The molecule has 0 spiro atoms. The van der Waals surface area contributed by atoms with Gasteiger partial charge in [-0.3, -0.25) is 29.6 Å². The van der Waals surface area contributed by atoms with Crippen LogP contribution in [0.4, 0.5) is 19.1 Å². The number of aryl methyl sites for hydroxylation is 1. The number of aromatic amines is 2. The molecule has 0 bridgehead atoms. The van der Waals surface area contributed by atoms with Gasteiger partial charge in [0.15, 0.2) is 0 Å². The summed E-state index contributed by atoms with van der Waals surface area (Å²) in [6, 6.07) is 6.33. The number of nitrogens with zero attached hydrogens (tertiary/aromatic N) is 3. The molecule has 0 atom stereocenters. The lowest BCUT2D eigenvalue weighted by Gasteiger charge is -2.08. The lowest BCUT2D eigenvalue weighted by atomic mass is 10.2. The van der Waals surface area contributed by atoms with E-state index in [4.69, 9.17) is 0 Å². The van der Waals surface area contributed by atoms with Crippen molar-refractivity contribution in [3.05, 3.63) is 50.9 Å². The third-order valence-electron chi connectivity index (χ3n) is 3.47. The quantitative estimate of drug-likeness (QED) is 0.630. The van der Waals surface area contributed by atoms with E-state index in [-0.39, 0.29) is 18.4 Å². The van der Waals surface area contributed by atoms with Crippen molar-refractivity contribution in [2.45, 2.75) is 19.1 Å². The van der Waals surface area contributed by atoms with Crippen molar-refractivity contribution in [2.24, 2.45) is 0 Å². The standard InChI is InChI=1S/C14H11F3N6O3/c15-14(16,17)11-20-12(22-21-11)18-9(24)5-6-23-8-4-2-1-3-7(8)10(25)19-13(23)26/h1-4H,5-6H2,(H,19,25,26)(H2,18,20,21,22,24). The van der Waals surface area contributed by atoms with Crippen LogP contribution >= 0.6 is 0 Å². The highest BCUT2D eigenvalue weighted by Gasteiger charge is 2.35. The van der Waals surface area contributed by atoms with Gasteiger partial charge >= 0.3 is 11.9 Å². The first-order valence-electron chi connectivity index (χ1n) is 7.27. The maximum Gasteiger partial charge on any atom is 0.451 e. The Hall–Kier alpha value is -3.44. The number of hydrogen-bond acceptors (Lipinski definition) is 5. The minimum absolute atomic E-state index is 0.0987. The molecule has 1 amide bonds. The summed E-state index contributed by atoms with van der Waals surface area (Å²) in [7, 11) is 0. The number of H-pyrrole nitrogens is 2. The van der Waals surface area contributed by atoms with Gasteiger partial charge in [-0.15, -0.1) is 5.10 Å². The zero-order valence-electron chi connectivity index (χ0n) is 12.9. The average molecular weight is 368 g/mol. The molecule has 0 saturated heterocycles. The Balaban J connectivity index is 1.74. The molecule has 1 aromatic carbocycles. The van der Waals surface area contributed by atoms with E-state index < -0.39 is 35.1 Å². The molecule has 0 radical (unpaired) electrons. The van der Waals surface area contributed by atoms with E-state index in [9.17, 15) is 27.6 Å². The fourth-order valence-corrected chi connectivity index (χ4v) is 2.31. The minimum Gasteiger partial charge on any atom is -0.293 e. The molecule has 26 heavy (non-hydrogen) atoms. The van der Waals surface area contributed by atoms with Crippen LogP contribution in [-0.2, 0) is 17.5 Å². The van der Waals surface area contributed by atoms with E-state index in [1.165, 1.54) is 10.6 Å². The highest BCUT2D eigenvalue weighted by atomic mass is 19.4. The third-order valence-corrected chi connectivity index (χ3v) is 3.47. The number of amides is 1. The number of aromatic nitrogens is 5. The molecule has 0 aliphatic heterocycles. The summed E-state index contributed by atoms with van der Waals surface area (Å²) < 4.78 is 38.4. The lowest BCUT2D eigenvalue weighted by molar-refractivity contribution is -0.144. The summed E-state index contributed by atoms with van der Waals surface area (Å²) in [6.07, 6.45) is -4.95.